The normalized spacial score (nSPS) is 28.8. The molecule has 4 aliphatic rings. The van der Waals surface area contributed by atoms with Crippen LogP contribution in [0.2, 0.25) is 0 Å². The number of carbonyl (C=O) groups excluding carboxylic acids is 1. The molecule has 7 nitrogen and oxygen atoms in total. The van der Waals surface area contributed by atoms with Gasteiger partial charge in [0.25, 0.3) is 0 Å². The smallest absolute Gasteiger partial charge is 0.246 e. The number of hydrogen-bond acceptors (Lipinski definition) is 5. The van der Waals surface area contributed by atoms with Crippen molar-refractivity contribution in [1.82, 2.24) is 24.8 Å². The van der Waals surface area contributed by atoms with Gasteiger partial charge in [0, 0.05) is 43.6 Å². The van der Waals surface area contributed by atoms with E-state index in [0.717, 1.165) is 36.5 Å². The molecular formula is C23H22F2N6O. The molecule has 164 valence electrons. The van der Waals surface area contributed by atoms with Crippen LogP contribution < -0.4 is 0 Å². The Hall–Kier alpha value is -3.23. The van der Waals surface area contributed by atoms with E-state index in [1.807, 2.05) is 4.68 Å². The van der Waals surface area contributed by atoms with Gasteiger partial charge in [-0.15, -0.1) is 0 Å². The van der Waals surface area contributed by atoms with Gasteiger partial charge in [-0.3, -0.25) is 4.79 Å². The SMILES string of the molecule is O=C([C@H]1CC(Cn2ncc3nccnc32)C2CC1C2)N1N=CCC1c1cc(F)cc(F)c1. The molecular weight excluding hydrogens is 414 g/mol. The highest BCUT2D eigenvalue weighted by Gasteiger charge is 2.50. The molecule has 2 aromatic heterocycles. The summed E-state index contributed by atoms with van der Waals surface area (Å²) < 4.78 is 29.4. The molecule has 3 heterocycles. The lowest BCUT2D eigenvalue weighted by Crippen LogP contribution is -2.49. The Bertz CT molecular complexity index is 1200. The Labute approximate surface area is 183 Å². The minimum atomic E-state index is -0.645. The lowest BCUT2D eigenvalue weighted by molar-refractivity contribution is -0.147. The van der Waals surface area contributed by atoms with Crippen LogP contribution >= 0.6 is 0 Å². The monoisotopic (exact) mass is 436 g/mol. The molecule has 3 fully saturated rings. The summed E-state index contributed by atoms with van der Waals surface area (Å²) in [7, 11) is 0. The summed E-state index contributed by atoms with van der Waals surface area (Å²) in [6.07, 6.45) is 9.93. The average molecular weight is 436 g/mol. The van der Waals surface area contributed by atoms with E-state index < -0.39 is 17.7 Å². The number of amides is 1. The molecule has 0 spiro atoms. The van der Waals surface area contributed by atoms with Crippen molar-refractivity contribution >= 4 is 23.3 Å². The number of carbonyl (C=O) groups is 1. The first-order valence-corrected chi connectivity index (χ1v) is 11.0. The van der Waals surface area contributed by atoms with Gasteiger partial charge >= 0.3 is 0 Å². The zero-order chi connectivity index (χ0) is 21.8. The van der Waals surface area contributed by atoms with Crippen LogP contribution in [0.1, 0.15) is 37.3 Å². The molecule has 1 amide bonds. The number of nitrogens with zero attached hydrogens (tertiary/aromatic N) is 6. The van der Waals surface area contributed by atoms with Crippen molar-refractivity contribution in [3.8, 4) is 0 Å². The molecule has 0 saturated heterocycles. The molecule has 0 N–H and O–H groups in total. The molecule has 3 atom stereocenters. The minimum absolute atomic E-state index is 0.0494. The first kappa shape index (κ1) is 19.5. The van der Waals surface area contributed by atoms with Crippen LogP contribution in [-0.4, -0.2) is 36.9 Å². The van der Waals surface area contributed by atoms with Gasteiger partial charge in [0.2, 0.25) is 5.91 Å². The molecule has 7 rings (SSSR count). The second-order valence-corrected chi connectivity index (χ2v) is 9.12. The van der Waals surface area contributed by atoms with E-state index in [-0.39, 0.29) is 11.8 Å². The van der Waals surface area contributed by atoms with Crippen molar-refractivity contribution in [3.63, 3.8) is 0 Å². The van der Waals surface area contributed by atoms with Crippen molar-refractivity contribution in [3.05, 3.63) is 54.0 Å². The maximum atomic E-state index is 13.8. The topological polar surface area (TPSA) is 76.3 Å². The van der Waals surface area contributed by atoms with Gasteiger partial charge in [0.15, 0.2) is 5.65 Å². The molecule has 2 bridgehead atoms. The van der Waals surface area contributed by atoms with Gasteiger partial charge in [-0.25, -0.2) is 28.4 Å². The summed E-state index contributed by atoms with van der Waals surface area (Å²) in [6.45, 7) is 0.700. The fraction of sp³-hybridized carbons (Fsp3) is 0.435. The zero-order valence-electron chi connectivity index (χ0n) is 17.3. The highest BCUT2D eigenvalue weighted by atomic mass is 19.1. The molecule has 3 aromatic rings. The Kier molecular flexibility index (Phi) is 4.51. The van der Waals surface area contributed by atoms with Crippen LogP contribution in [0.5, 0.6) is 0 Å². The van der Waals surface area contributed by atoms with Crippen molar-refractivity contribution in [2.24, 2.45) is 28.8 Å². The number of rotatable bonds is 4. The second kappa shape index (κ2) is 7.43. The molecule has 1 aliphatic heterocycles. The summed E-state index contributed by atoms with van der Waals surface area (Å²) >= 11 is 0. The second-order valence-electron chi connectivity index (χ2n) is 9.12. The summed E-state index contributed by atoms with van der Waals surface area (Å²) in [4.78, 5) is 22.2. The van der Waals surface area contributed by atoms with Gasteiger partial charge in [0.05, 0.1) is 12.2 Å². The van der Waals surface area contributed by atoms with Gasteiger partial charge in [-0.1, -0.05) is 0 Å². The highest BCUT2D eigenvalue weighted by molar-refractivity contribution is 5.82. The predicted octanol–water partition coefficient (Wildman–Crippen LogP) is 3.73. The molecule has 3 saturated carbocycles. The summed E-state index contributed by atoms with van der Waals surface area (Å²) in [6, 6.07) is 2.95. The van der Waals surface area contributed by atoms with Gasteiger partial charge in [-0.05, 0) is 54.7 Å². The van der Waals surface area contributed by atoms with Crippen LogP contribution in [0.15, 0.2) is 41.9 Å². The highest BCUT2D eigenvalue weighted by Crippen LogP contribution is 2.53. The van der Waals surface area contributed by atoms with E-state index in [0.29, 0.717) is 36.3 Å². The molecule has 32 heavy (non-hydrogen) atoms. The summed E-state index contributed by atoms with van der Waals surface area (Å²) in [5.41, 5.74) is 1.96. The van der Waals surface area contributed by atoms with Crippen molar-refractivity contribution < 1.29 is 13.6 Å². The molecule has 9 heteroatoms. The first-order chi connectivity index (χ1) is 15.6. The Balaban J connectivity index is 1.22. The van der Waals surface area contributed by atoms with Crippen LogP contribution in [0.4, 0.5) is 8.78 Å². The van der Waals surface area contributed by atoms with Crippen molar-refractivity contribution in [2.75, 3.05) is 0 Å². The maximum Gasteiger partial charge on any atom is 0.246 e. The van der Waals surface area contributed by atoms with Gasteiger partial charge in [-0.2, -0.15) is 10.2 Å². The van der Waals surface area contributed by atoms with Crippen LogP contribution in [-0.2, 0) is 11.3 Å². The number of halogens is 2. The maximum absolute atomic E-state index is 13.8. The lowest BCUT2D eigenvalue weighted by Gasteiger charge is -2.51. The number of fused-ring (bicyclic) bond motifs is 3. The standard InChI is InChI=1S/C23H22F2N6O/c24-17-7-15(8-18(25)10-17)21-1-2-28-31(21)23(32)19-9-16(13-5-14(19)6-13)12-30-22-20(11-29-30)26-3-4-27-22/h2-4,7-8,10-11,13-14,16,19,21H,1,5-6,9,12H2/t13?,14?,16?,19-,21?/m0/s1. The van der Waals surface area contributed by atoms with Crippen LogP contribution in [0.3, 0.4) is 0 Å². The number of hydrogen-bond donors (Lipinski definition) is 0. The van der Waals surface area contributed by atoms with Crippen LogP contribution in [0.25, 0.3) is 11.2 Å². The Morgan fingerprint density at radius 1 is 1.03 bits per heavy atom. The first-order valence-electron chi connectivity index (χ1n) is 11.0. The van der Waals surface area contributed by atoms with E-state index >= 15 is 0 Å². The average Bonchev–Trinajstić information content (AvgIpc) is 3.39. The third-order valence-corrected chi connectivity index (χ3v) is 7.32. The van der Waals surface area contributed by atoms with E-state index in [1.54, 1.807) is 24.8 Å². The summed E-state index contributed by atoms with van der Waals surface area (Å²) in [5.74, 6) is -0.243. The summed E-state index contributed by atoms with van der Waals surface area (Å²) in [5, 5.41) is 10.2. The zero-order valence-corrected chi connectivity index (χ0v) is 17.3. The molecule has 3 aliphatic carbocycles. The van der Waals surface area contributed by atoms with Crippen molar-refractivity contribution in [2.45, 2.75) is 38.3 Å². The van der Waals surface area contributed by atoms with Gasteiger partial charge < -0.3 is 0 Å². The fourth-order valence-corrected chi connectivity index (χ4v) is 5.67. The third kappa shape index (κ3) is 3.18. The third-order valence-electron chi connectivity index (χ3n) is 7.32. The fourth-order valence-electron chi connectivity index (χ4n) is 5.67. The predicted molar refractivity (Wildman–Crippen MR) is 112 cm³/mol. The van der Waals surface area contributed by atoms with E-state index in [1.165, 1.54) is 17.1 Å². The molecule has 2 unspecified atom stereocenters. The number of benzene rings is 1. The van der Waals surface area contributed by atoms with E-state index in [4.69, 9.17) is 0 Å². The number of hydrazone groups is 1. The van der Waals surface area contributed by atoms with E-state index in [2.05, 4.69) is 20.2 Å². The van der Waals surface area contributed by atoms with Crippen LogP contribution in [0, 0.1) is 35.3 Å². The quantitative estimate of drug-likeness (QED) is 0.625. The Morgan fingerprint density at radius 3 is 2.62 bits per heavy atom. The number of aromatic nitrogens is 4. The molecule has 1 aromatic carbocycles. The van der Waals surface area contributed by atoms with Crippen molar-refractivity contribution in [1.29, 1.82) is 0 Å². The Morgan fingerprint density at radius 2 is 1.81 bits per heavy atom. The largest absolute Gasteiger partial charge is 0.273 e. The van der Waals surface area contributed by atoms with E-state index in [9.17, 15) is 13.6 Å². The minimum Gasteiger partial charge on any atom is -0.273 e. The molecule has 0 radical (unpaired) electrons. The van der Waals surface area contributed by atoms with Gasteiger partial charge in [0.1, 0.15) is 17.2 Å². The lowest BCUT2D eigenvalue weighted by atomic mass is 9.55.